The number of carbonyl (C=O) groups excluding carboxylic acids is 1. The van der Waals surface area contributed by atoms with Crippen molar-refractivity contribution >= 4 is 5.91 Å². The molecule has 1 aromatic heterocycles. The number of benzene rings is 1. The maximum Gasteiger partial charge on any atom is 0.287 e. The van der Waals surface area contributed by atoms with Gasteiger partial charge in [-0.15, -0.1) is 0 Å². The van der Waals surface area contributed by atoms with Gasteiger partial charge in [-0.3, -0.25) is 4.79 Å². The lowest BCUT2D eigenvalue weighted by atomic mass is 9.54. The van der Waals surface area contributed by atoms with E-state index in [1.807, 2.05) is 0 Å². The van der Waals surface area contributed by atoms with E-state index in [0.29, 0.717) is 17.6 Å². The molecule has 6 heteroatoms. The van der Waals surface area contributed by atoms with Gasteiger partial charge >= 0.3 is 0 Å². The number of hydrogen-bond acceptors (Lipinski definition) is 3. The highest BCUT2D eigenvalue weighted by atomic mass is 19.1. The molecule has 0 unspecified atom stereocenters. The molecule has 0 saturated heterocycles. The molecule has 1 aromatic carbocycles. The van der Waals surface area contributed by atoms with Crippen LogP contribution in [0.3, 0.4) is 0 Å². The average molecular weight is 387 g/mol. The maximum absolute atomic E-state index is 13.6. The largest absolute Gasteiger partial charge is 0.483 e. The van der Waals surface area contributed by atoms with Crippen LogP contribution in [0, 0.1) is 35.3 Å². The molecule has 4 nitrogen and oxygen atoms in total. The van der Waals surface area contributed by atoms with Gasteiger partial charge in [0.2, 0.25) is 0 Å². The fourth-order valence-corrected chi connectivity index (χ4v) is 5.70. The average Bonchev–Trinajstić information content (AvgIpc) is 3.12. The van der Waals surface area contributed by atoms with Crippen molar-refractivity contribution in [3.05, 3.63) is 53.5 Å². The first-order valence-corrected chi connectivity index (χ1v) is 10.0. The summed E-state index contributed by atoms with van der Waals surface area (Å²) < 4.78 is 37.5. The van der Waals surface area contributed by atoms with Gasteiger partial charge in [-0.05, 0) is 80.0 Å². The molecule has 4 aliphatic rings. The molecule has 1 amide bonds. The Morgan fingerprint density at radius 1 is 1.04 bits per heavy atom. The Morgan fingerprint density at radius 3 is 2.43 bits per heavy atom. The standard InChI is InChI=1S/C22H23F2NO3/c23-16-1-3-19(18(24)10-16)27-11-17-2-4-20(28-17)22(26)25-21-14-6-12-5-13(8-14)9-15(21)7-12/h1-4,10,12-15,21H,5-9,11H2,(H,25,26). The number of furan rings is 1. The number of rotatable bonds is 5. The minimum atomic E-state index is -0.772. The minimum absolute atomic E-state index is 0.0339. The van der Waals surface area contributed by atoms with Gasteiger partial charge in [-0.25, -0.2) is 8.78 Å². The summed E-state index contributed by atoms with van der Waals surface area (Å²) in [5, 5.41) is 3.21. The second-order valence-electron chi connectivity index (χ2n) is 8.56. The lowest BCUT2D eigenvalue weighted by molar-refractivity contribution is -0.0123. The smallest absolute Gasteiger partial charge is 0.287 e. The summed E-state index contributed by atoms with van der Waals surface area (Å²) >= 11 is 0. The highest BCUT2D eigenvalue weighted by molar-refractivity contribution is 5.91. The zero-order valence-electron chi connectivity index (χ0n) is 15.5. The van der Waals surface area contributed by atoms with Crippen molar-refractivity contribution in [1.29, 1.82) is 0 Å². The van der Waals surface area contributed by atoms with Crippen LogP contribution in [0.5, 0.6) is 5.75 Å². The molecule has 0 aliphatic heterocycles. The van der Waals surface area contributed by atoms with Crippen LogP contribution in [0.4, 0.5) is 8.78 Å². The van der Waals surface area contributed by atoms with Crippen LogP contribution >= 0.6 is 0 Å². The summed E-state index contributed by atoms with van der Waals surface area (Å²) in [6, 6.07) is 6.64. The Bertz CT molecular complexity index is 866. The minimum Gasteiger partial charge on any atom is -0.483 e. The number of halogens is 2. The number of ether oxygens (including phenoxy) is 1. The van der Waals surface area contributed by atoms with Crippen LogP contribution in [0.2, 0.25) is 0 Å². The Balaban J connectivity index is 1.20. The van der Waals surface area contributed by atoms with E-state index in [4.69, 9.17) is 9.15 Å². The summed E-state index contributed by atoms with van der Waals surface area (Å²) in [5.41, 5.74) is 0. The third kappa shape index (κ3) is 3.29. The van der Waals surface area contributed by atoms with E-state index in [0.717, 1.165) is 24.0 Å². The van der Waals surface area contributed by atoms with Gasteiger partial charge in [0.25, 0.3) is 5.91 Å². The van der Waals surface area contributed by atoms with E-state index < -0.39 is 11.6 Å². The Labute approximate surface area is 162 Å². The lowest BCUT2D eigenvalue weighted by Crippen LogP contribution is -2.55. The third-order valence-electron chi connectivity index (χ3n) is 6.67. The quantitative estimate of drug-likeness (QED) is 0.810. The molecule has 2 aromatic rings. The predicted octanol–water partition coefficient (Wildman–Crippen LogP) is 4.69. The van der Waals surface area contributed by atoms with Crippen molar-refractivity contribution in [2.45, 2.75) is 44.8 Å². The number of amides is 1. The fraction of sp³-hybridized carbons (Fsp3) is 0.500. The van der Waals surface area contributed by atoms with Gasteiger partial charge in [0.15, 0.2) is 17.3 Å². The molecule has 0 spiro atoms. The van der Waals surface area contributed by atoms with Crippen molar-refractivity contribution in [2.24, 2.45) is 23.7 Å². The van der Waals surface area contributed by atoms with Crippen molar-refractivity contribution in [1.82, 2.24) is 5.32 Å². The Kier molecular flexibility index (Phi) is 4.37. The molecule has 0 radical (unpaired) electrons. The Hall–Kier alpha value is -2.37. The zero-order valence-corrected chi connectivity index (χ0v) is 15.5. The van der Waals surface area contributed by atoms with E-state index in [-0.39, 0.29) is 30.1 Å². The SMILES string of the molecule is O=C(NC1C2CC3CC(C2)CC1C3)c1ccc(COc2ccc(F)cc2F)o1. The van der Waals surface area contributed by atoms with Crippen molar-refractivity contribution in [3.63, 3.8) is 0 Å². The molecule has 4 bridgehead atoms. The molecule has 1 N–H and O–H groups in total. The van der Waals surface area contributed by atoms with E-state index in [1.165, 1.54) is 38.2 Å². The molecule has 1 heterocycles. The molecule has 0 atom stereocenters. The first kappa shape index (κ1) is 17.7. The number of hydrogen-bond donors (Lipinski definition) is 1. The van der Waals surface area contributed by atoms with Crippen molar-refractivity contribution in [3.8, 4) is 5.75 Å². The van der Waals surface area contributed by atoms with E-state index in [1.54, 1.807) is 12.1 Å². The van der Waals surface area contributed by atoms with Gasteiger partial charge in [-0.2, -0.15) is 0 Å². The summed E-state index contributed by atoms with van der Waals surface area (Å²) in [5.74, 6) is 1.88. The van der Waals surface area contributed by atoms with E-state index >= 15 is 0 Å². The van der Waals surface area contributed by atoms with Crippen LogP contribution in [-0.4, -0.2) is 11.9 Å². The topological polar surface area (TPSA) is 51.5 Å². The molecule has 4 saturated carbocycles. The highest BCUT2D eigenvalue weighted by Crippen LogP contribution is 2.53. The van der Waals surface area contributed by atoms with Crippen molar-refractivity contribution < 1.29 is 22.7 Å². The number of nitrogens with one attached hydrogen (secondary N) is 1. The second kappa shape index (κ2) is 6.90. The Morgan fingerprint density at radius 2 is 1.75 bits per heavy atom. The zero-order chi connectivity index (χ0) is 19.3. The molecule has 4 fully saturated rings. The van der Waals surface area contributed by atoms with Gasteiger partial charge in [0.1, 0.15) is 18.2 Å². The first-order valence-electron chi connectivity index (χ1n) is 10.0. The van der Waals surface area contributed by atoms with Crippen LogP contribution in [0.1, 0.15) is 48.4 Å². The van der Waals surface area contributed by atoms with E-state index in [2.05, 4.69) is 5.32 Å². The summed E-state index contributed by atoms with van der Waals surface area (Å²) in [6.45, 7) is -0.0339. The lowest BCUT2D eigenvalue weighted by Gasteiger charge is -2.54. The molecule has 4 aliphatic carbocycles. The summed E-state index contributed by atoms with van der Waals surface area (Å²) in [4.78, 5) is 12.7. The van der Waals surface area contributed by atoms with Gasteiger partial charge < -0.3 is 14.5 Å². The molecule has 6 rings (SSSR count). The van der Waals surface area contributed by atoms with Crippen LogP contribution in [0.15, 0.2) is 34.7 Å². The molecule has 28 heavy (non-hydrogen) atoms. The maximum atomic E-state index is 13.6. The van der Waals surface area contributed by atoms with Crippen LogP contribution in [-0.2, 0) is 6.61 Å². The van der Waals surface area contributed by atoms with Crippen LogP contribution in [0.25, 0.3) is 0 Å². The summed E-state index contributed by atoms with van der Waals surface area (Å²) in [7, 11) is 0. The second-order valence-corrected chi connectivity index (χ2v) is 8.56. The summed E-state index contributed by atoms with van der Waals surface area (Å²) in [6.07, 6.45) is 6.32. The van der Waals surface area contributed by atoms with Gasteiger partial charge in [0, 0.05) is 12.1 Å². The monoisotopic (exact) mass is 387 g/mol. The normalized spacial score (nSPS) is 30.4. The van der Waals surface area contributed by atoms with Gasteiger partial charge in [0.05, 0.1) is 0 Å². The number of carbonyl (C=O) groups is 1. The van der Waals surface area contributed by atoms with E-state index in [9.17, 15) is 13.6 Å². The van der Waals surface area contributed by atoms with Gasteiger partial charge in [-0.1, -0.05) is 0 Å². The molecule has 148 valence electrons. The fourth-order valence-electron chi connectivity index (χ4n) is 5.70. The third-order valence-corrected chi connectivity index (χ3v) is 6.67. The first-order chi connectivity index (χ1) is 13.5. The highest BCUT2D eigenvalue weighted by Gasteiger charge is 2.48. The molecular formula is C22H23F2NO3. The molecular weight excluding hydrogens is 364 g/mol. The predicted molar refractivity (Wildman–Crippen MR) is 97.7 cm³/mol. The van der Waals surface area contributed by atoms with Crippen LogP contribution < -0.4 is 10.1 Å². The van der Waals surface area contributed by atoms with Crippen molar-refractivity contribution in [2.75, 3.05) is 0 Å².